The highest BCUT2D eigenvalue weighted by Gasteiger charge is 2.63. The SMILES string of the molecule is CC(=O)OC(C(C1CC2CCC1C2)C(F)(F)F)C(F)(F)F. The zero-order valence-corrected chi connectivity index (χ0v) is 11.3. The van der Waals surface area contributed by atoms with E-state index in [0.29, 0.717) is 19.8 Å². The zero-order chi connectivity index (χ0) is 16.0. The first kappa shape index (κ1) is 16.4. The molecule has 2 aliphatic rings. The summed E-state index contributed by atoms with van der Waals surface area (Å²) in [5.41, 5.74) is 0. The van der Waals surface area contributed by atoms with Crippen LogP contribution in [0.3, 0.4) is 0 Å². The fourth-order valence-electron chi connectivity index (χ4n) is 3.90. The summed E-state index contributed by atoms with van der Waals surface area (Å²) in [6, 6.07) is 0. The van der Waals surface area contributed by atoms with Crippen molar-refractivity contribution in [3.05, 3.63) is 0 Å². The zero-order valence-electron chi connectivity index (χ0n) is 11.3. The summed E-state index contributed by atoms with van der Waals surface area (Å²) >= 11 is 0. The van der Waals surface area contributed by atoms with Gasteiger partial charge in [-0.1, -0.05) is 6.42 Å². The van der Waals surface area contributed by atoms with Gasteiger partial charge < -0.3 is 4.74 Å². The van der Waals surface area contributed by atoms with Gasteiger partial charge in [-0.25, -0.2) is 0 Å². The maximum absolute atomic E-state index is 13.2. The van der Waals surface area contributed by atoms with E-state index in [0.717, 1.165) is 6.42 Å². The van der Waals surface area contributed by atoms with Crippen LogP contribution in [0, 0.1) is 23.7 Å². The van der Waals surface area contributed by atoms with Crippen molar-refractivity contribution in [3.63, 3.8) is 0 Å². The molecule has 2 rings (SSSR count). The fourth-order valence-corrected chi connectivity index (χ4v) is 3.90. The van der Waals surface area contributed by atoms with Gasteiger partial charge in [-0.3, -0.25) is 4.79 Å². The van der Waals surface area contributed by atoms with E-state index in [4.69, 9.17) is 0 Å². The Morgan fingerprint density at radius 2 is 1.67 bits per heavy atom. The first-order valence-corrected chi connectivity index (χ1v) is 6.80. The molecule has 5 atom stereocenters. The molecule has 0 radical (unpaired) electrons. The number of halogens is 6. The van der Waals surface area contributed by atoms with E-state index in [9.17, 15) is 31.1 Å². The number of rotatable bonds is 3. The summed E-state index contributed by atoms with van der Waals surface area (Å²) in [5.74, 6) is -5.43. The van der Waals surface area contributed by atoms with Crippen LogP contribution in [0.15, 0.2) is 0 Å². The van der Waals surface area contributed by atoms with Crippen LogP contribution in [-0.4, -0.2) is 24.4 Å². The molecule has 21 heavy (non-hydrogen) atoms. The van der Waals surface area contributed by atoms with Gasteiger partial charge in [0.15, 0.2) is 0 Å². The van der Waals surface area contributed by atoms with Gasteiger partial charge in [0.25, 0.3) is 0 Å². The number of alkyl halides is 6. The monoisotopic (exact) mass is 318 g/mol. The lowest BCUT2D eigenvalue weighted by Crippen LogP contribution is -2.50. The average Bonchev–Trinajstić information content (AvgIpc) is 2.86. The number of carbonyl (C=O) groups excluding carboxylic acids is 1. The Labute approximate surface area is 117 Å². The maximum Gasteiger partial charge on any atom is 0.426 e. The molecule has 0 aliphatic heterocycles. The van der Waals surface area contributed by atoms with E-state index in [1.165, 1.54) is 0 Å². The third-order valence-corrected chi connectivity index (χ3v) is 4.57. The quantitative estimate of drug-likeness (QED) is 0.578. The molecule has 0 spiro atoms. The number of hydrogen-bond donors (Lipinski definition) is 0. The number of esters is 1. The number of ether oxygens (including phenoxy) is 1. The third-order valence-electron chi connectivity index (χ3n) is 4.57. The Kier molecular flexibility index (Phi) is 4.19. The minimum Gasteiger partial charge on any atom is -0.452 e. The molecule has 0 N–H and O–H groups in total. The Hall–Kier alpha value is -0.950. The molecule has 2 saturated carbocycles. The molecule has 2 bridgehead atoms. The van der Waals surface area contributed by atoms with Crippen LogP contribution in [0.5, 0.6) is 0 Å². The maximum atomic E-state index is 13.2. The van der Waals surface area contributed by atoms with Crippen molar-refractivity contribution in [1.82, 2.24) is 0 Å². The highest BCUT2D eigenvalue weighted by Crippen LogP contribution is 2.56. The van der Waals surface area contributed by atoms with Gasteiger partial charge in [0, 0.05) is 6.92 Å². The minimum atomic E-state index is -5.23. The fraction of sp³-hybridized carbons (Fsp3) is 0.923. The van der Waals surface area contributed by atoms with Crippen LogP contribution < -0.4 is 0 Å². The molecule has 2 nitrogen and oxygen atoms in total. The lowest BCUT2D eigenvalue weighted by molar-refractivity contribution is -0.292. The van der Waals surface area contributed by atoms with Gasteiger partial charge in [0.1, 0.15) is 5.92 Å². The molecule has 0 aromatic heterocycles. The number of fused-ring (bicyclic) bond motifs is 2. The van der Waals surface area contributed by atoms with E-state index < -0.39 is 36.3 Å². The van der Waals surface area contributed by atoms with E-state index in [-0.39, 0.29) is 18.3 Å². The van der Waals surface area contributed by atoms with Crippen LogP contribution in [0.1, 0.15) is 32.6 Å². The minimum absolute atomic E-state index is 0.0658. The van der Waals surface area contributed by atoms with Gasteiger partial charge in [0.2, 0.25) is 6.10 Å². The van der Waals surface area contributed by atoms with Crippen molar-refractivity contribution in [1.29, 1.82) is 0 Å². The van der Waals surface area contributed by atoms with Crippen molar-refractivity contribution in [2.45, 2.75) is 51.1 Å². The summed E-state index contributed by atoms with van der Waals surface area (Å²) in [6.07, 6.45) is -11.4. The predicted octanol–water partition coefficient (Wildman–Crippen LogP) is 4.10. The van der Waals surface area contributed by atoms with E-state index in [1.807, 2.05) is 0 Å². The normalized spacial score (nSPS) is 32.0. The highest BCUT2D eigenvalue weighted by molar-refractivity contribution is 5.66. The van der Waals surface area contributed by atoms with Crippen LogP contribution in [0.25, 0.3) is 0 Å². The first-order chi connectivity index (χ1) is 9.50. The largest absolute Gasteiger partial charge is 0.452 e. The van der Waals surface area contributed by atoms with Crippen molar-refractivity contribution >= 4 is 5.97 Å². The van der Waals surface area contributed by atoms with Crippen LogP contribution in [0.2, 0.25) is 0 Å². The molecule has 0 heterocycles. The van der Waals surface area contributed by atoms with Crippen molar-refractivity contribution in [2.24, 2.45) is 23.7 Å². The smallest absolute Gasteiger partial charge is 0.426 e. The molecule has 2 aliphatic carbocycles. The van der Waals surface area contributed by atoms with E-state index in [2.05, 4.69) is 4.74 Å². The molecule has 122 valence electrons. The van der Waals surface area contributed by atoms with Crippen molar-refractivity contribution in [2.75, 3.05) is 0 Å². The van der Waals surface area contributed by atoms with Crippen molar-refractivity contribution in [3.8, 4) is 0 Å². The second-order valence-corrected chi connectivity index (χ2v) is 5.98. The molecule has 8 heteroatoms. The van der Waals surface area contributed by atoms with E-state index in [1.54, 1.807) is 0 Å². The summed E-state index contributed by atoms with van der Waals surface area (Å²) in [7, 11) is 0. The van der Waals surface area contributed by atoms with Gasteiger partial charge in [-0.15, -0.1) is 0 Å². The topological polar surface area (TPSA) is 26.3 Å². The third kappa shape index (κ3) is 3.45. The molecule has 0 aromatic carbocycles. The summed E-state index contributed by atoms with van der Waals surface area (Å²) in [6.45, 7) is 0.687. The average molecular weight is 318 g/mol. The standard InChI is InChI=1S/C13H16F6O2/c1-6(20)21-11(13(17,18)19)10(12(14,15)16)9-5-7-2-3-8(9)4-7/h7-11H,2-5H2,1H3. The van der Waals surface area contributed by atoms with Crippen LogP contribution >= 0.6 is 0 Å². The number of carbonyl (C=O) groups is 1. The molecule has 0 saturated heterocycles. The Morgan fingerprint density at radius 3 is 2.00 bits per heavy atom. The van der Waals surface area contributed by atoms with Crippen LogP contribution in [-0.2, 0) is 9.53 Å². The molecule has 0 aromatic rings. The summed E-state index contributed by atoms with van der Waals surface area (Å²) in [4.78, 5) is 10.8. The van der Waals surface area contributed by atoms with E-state index >= 15 is 0 Å². The number of hydrogen-bond acceptors (Lipinski definition) is 2. The second-order valence-electron chi connectivity index (χ2n) is 5.98. The van der Waals surface area contributed by atoms with Gasteiger partial charge in [-0.2, -0.15) is 26.3 Å². The molecule has 2 fully saturated rings. The Balaban J connectivity index is 2.31. The van der Waals surface area contributed by atoms with Gasteiger partial charge in [0.05, 0.1) is 0 Å². The molecular formula is C13H16F6O2. The van der Waals surface area contributed by atoms with Gasteiger partial charge in [-0.05, 0) is 37.0 Å². The summed E-state index contributed by atoms with van der Waals surface area (Å²) < 4.78 is 82.7. The van der Waals surface area contributed by atoms with Gasteiger partial charge >= 0.3 is 18.3 Å². The van der Waals surface area contributed by atoms with Crippen molar-refractivity contribution < 1.29 is 35.9 Å². The Morgan fingerprint density at radius 1 is 1.05 bits per heavy atom. The molecule has 0 amide bonds. The summed E-state index contributed by atoms with van der Waals surface area (Å²) in [5, 5.41) is 0. The predicted molar refractivity (Wildman–Crippen MR) is 60.1 cm³/mol. The first-order valence-electron chi connectivity index (χ1n) is 6.80. The second kappa shape index (κ2) is 5.35. The molecular weight excluding hydrogens is 302 g/mol. The lowest BCUT2D eigenvalue weighted by atomic mass is 9.76. The highest BCUT2D eigenvalue weighted by atomic mass is 19.4. The van der Waals surface area contributed by atoms with Crippen LogP contribution in [0.4, 0.5) is 26.3 Å². The Bertz CT molecular complexity index is 402. The molecule has 5 unspecified atom stereocenters. The lowest BCUT2D eigenvalue weighted by Gasteiger charge is -2.37.